The second-order valence-electron chi connectivity index (χ2n) is 8.94. The largest absolute Gasteiger partial charge is 0.360 e. The summed E-state index contributed by atoms with van der Waals surface area (Å²) in [7, 11) is 2.05. The predicted octanol–water partition coefficient (Wildman–Crippen LogP) is 5.32. The van der Waals surface area contributed by atoms with E-state index in [2.05, 4.69) is 18.9 Å². The van der Waals surface area contributed by atoms with Crippen molar-refractivity contribution in [1.29, 1.82) is 0 Å². The minimum atomic E-state index is -0.337. The van der Waals surface area contributed by atoms with Crippen LogP contribution in [0.2, 0.25) is 0 Å². The number of carbonyl (C=O) groups excluding carboxylic acids is 1. The van der Waals surface area contributed by atoms with Gasteiger partial charge in [0.2, 0.25) is 5.91 Å². The van der Waals surface area contributed by atoms with Crippen LogP contribution in [0.15, 0.2) is 91.0 Å². The molecule has 1 aliphatic heterocycles. The molecule has 1 aromatic heterocycles. The predicted molar refractivity (Wildman–Crippen MR) is 140 cm³/mol. The molecule has 5 rings (SSSR count). The van der Waals surface area contributed by atoms with Gasteiger partial charge in [-0.3, -0.25) is 4.79 Å². The van der Waals surface area contributed by atoms with E-state index >= 15 is 0 Å². The molecule has 0 radical (unpaired) electrons. The molecular weight excluding hydrogens is 432 g/mol. The molecular formula is C30H30N4O. The van der Waals surface area contributed by atoms with Crippen LogP contribution >= 0.6 is 0 Å². The number of amides is 1. The summed E-state index contributed by atoms with van der Waals surface area (Å²) in [6, 6.07) is 30.2. The van der Waals surface area contributed by atoms with Crippen LogP contribution < -0.4 is 4.90 Å². The molecule has 176 valence electrons. The van der Waals surface area contributed by atoms with E-state index in [4.69, 9.17) is 9.97 Å². The molecule has 0 saturated heterocycles. The van der Waals surface area contributed by atoms with Crippen LogP contribution in [0.25, 0.3) is 11.4 Å². The first-order valence-corrected chi connectivity index (χ1v) is 12.2. The van der Waals surface area contributed by atoms with E-state index in [0.29, 0.717) is 19.5 Å². The van der Waals surface area contributed by atoms with Gasteiger partial charge in [-0.25, -0.2) is 9.97 Å². The zero-order chi connectivity index (χ0) is 24.2. The number of hydrogen-bond donors (Lipinski definition) is 0. The lowest BCUT2D eigenvalue weighted by Gasteiger charge is -2.34. The summed E-state index contributed by atoms with van der Waals surface area (Å²) in [5, 5.41) is 0. The lowest BCUT2D eigenvalue weighted by molar-refractivity contribution is -0.132. The highest BCUT2D eigenvalue weighted by atomic mass is 16.2. The van der Waals surface area contributed by atoms with Gasteiger partial charge in [0.15, 0.2) is 5.82 Å². The zero-order valence-corrected chi connectivity index (χ0v) is 20.3. The van der Waals surface area contributed by atoms with Crippen LogP contribution in [0, 0.1) is 0 Å². The molecule has 35 heavy (non-hydrogen) atoms. The van der Waals surface area contributed by atoms with E-state index in [0.717, 1.165) is 46.1 Å². The maximum Gasteiger partial charge on any atom is 0.234 e. The molecule has 5 nitrogen and oxygen atoms in total. The number of fused-ring (bicyclic) bond motifs is 1. The molecule has 0 bridgehead atoms. The summed E-state index contributed by atoms with van der Waals surface area (Å²) in [6.45, 7) is 4.09. The molecule has 1 aliphatic rings. The van der Waals surface area contributed by atoms with E-state index < -0.39 is 0 Å². The summed E-state index contributed by atoms with van der Waals surface area (Å²) in [4.78, 5) is 28.0. The Morgan fingerprint density at radius 3 is 2.03 bits per heavy atom. The first-order valence-electron chi connectivity index (χ1n) is 12.2. The summed E-state index contributed by atoms with van der Waals surface area (Å²) in [6.07, 6.45) is 0.713. The normalized spacial score (nSPS) is 12.9. The number of anilines is 1. The summed E-state index contributed by atoms with van der Waals surface area (Å²) in [5.41, 5.74) is 5.11. The van der Waals surface area contributed by atoms with Gasteiger partial charge in [-0.15, -0.1) is 0 Å². The Hall–Kier alpha value is -3.99. The Kier molecular flexibility index (Phi) is 6.57. The molecule has 0 spiro atoms. The minimum Gasteiger partial charge on any atom is -0.360 e. The number of aromatic nitrogens is 2. The first kappa shape index (κ1) is 22.8. The molecule has 2 heterocycles. The van der Waals surface area contributed by atoms with Gasteiger partial charge < -0.3 is 9.80 Å². The quantitative estimate of drug-likeness (QED) is 0.389. The van der Waals surface area contributed by atoms with E-state index in [1.165, 1.54) is 0 Å². The molecule has 0 atom stereocenters. The van der Waals surface area contributed by atoms with Crippen molar-refractivity contribution in [2.45, 2.75) is 25.8 Å². The standard InChI is InChI=1S/C30H30N4O/c1-3-33(2)29-25-21-34(20-19-26(25)31-28(32-29)24-17-11-6-12-18-24)30(35)27(22-13-7-4-8-14-22)23-15-9-5-10-16-23/h4-18,27H,3,19-21H2,1-2H3. The van der Waals surface area contributed by atoms with E-state index in [9.17, 15) is 4.79 Å². The highest BCUT2D eigenvalue weighted by Gasteiger charge is 2.32. The molecule has 5 heteroatoms. The van der Waals surface area contributed by atoms with E-state index in [1.54, 1.807) is 0 Å². The Labute approximate surface area is 207 Å². The summed E-state index contributed by atoms with van der Waals surface area (Å²) >= 11 is 0. The molecule has 1 amide bonds. The van der Waals surface area contributed by atoms with Crippen LogP contribution in [0.5, 0.6) is 0 Å². The second-order valence-corrected chi connectivity index (χ2v) is 8.94. The fourth-order valence-corrected chi connectivity index (χ4v) is 4.72. The van der Waals surface area contributed by atoms with Crippen LogP contribution in [0.3, 0.4) is 0 Å². The average molecular weight is 463 g/mol. The van der Waals surface area contributed by atoms with Crippen molar-refractivity contribution in [3.05, 3.63) is 113 Å². The molecule has 0 saturated carbocycles. The van der Waals surface area contributed by atoms with Crippen molar-refractivity contribution in [2.24, 2.45) is 0 Å². The SMILES string of the molecule is CCN(C)c1nc(-c2ccccc2)nc2c1CN(C(=O)C(c1ccccc1)c1ccccc1)CC2. The van der Waals surface area contributed by atoms with Gasteiger partial charge in [0.1, 0.15) is 5.82 Å². The fraction of sp³-hybridized carbons (Fsp3) is 0.233. The number of hydrogen-bond acceptors (Lipinski definition) is 4. The maximum absolute atomic E-state index is 14.0. The molecule has 0 unspecified atom stereocenters. The highest BCUT2D eigenvalue weighted by molar-refractivity contribution is 5.87. The van der Waals surface area contributed by atoms with Crippen molar-refractivity contribution < 1.29 is 4.79 Å². The van der Waals surface area contributed by atoms with Crippen LogP contribution in [0.4, 0.5) is 5.82 Å². The van der Waals surface area contributed by atoms with Gasteiger partial charge in [-0.1, -0.05) is 91.0 Å². The molecule has 4 aromatic rings. The smallest absolute Gasteiger partial charge is 0.234 e. The Morgan fingerprint density at radius 1 is 0.886 bits per heavy atom. The monoisotopic (exact) mass is 462 g/mol. The number of carbonyl (C=O) groups is 1. The van der Waals surface area contributed by atoms with Crippen molar-refractivity contribution in [3.8, 4) is 11.4 Å². The molecule has 3 aromatic carbocycles. The van der Waals surface area contributed by atoms with Crippen molar-refractivity contribution in [1.82, 2.24) is 14.9 Å². The average Bonchev–Trinajstić information content (AvgIpc) is 2.93. The maximum atomic E-state index is 14.0. The van der Waals surface area contributed by atoms with E-state index in [1.807, 2.05) is 95.9 Å². The highest BCUT2D eigenvalue weighted by Crippen LogP contribution is 2.33. The van der Waals surface area contributed by atoms with Gasteiger partial charge in [0.05, 0.1) is 18.2 Å². The van der Waals surface area contributed by atoms with E-state index in [-0.39, 0.29) is 11.8 Å². The number of rotatable bonds is 6. The van der Waals surface area contributed by atoms with Crippen molar-refractivity contribution >= 4 is 11.7 Å². The first-order chi connectivity index (χ1) is 17.2. The Morgan fingerprint density at radius 2 is 1.46 bits per heavy atom. The Bertz CT molecular complexity index is 1250. The zero-order valence-electron chi connectivity index (χ0n) is 20.3. The minimum absolute atomic E-state index is 0.116. The van der Waals surface area contributed by atoms with Crippen molar-refractivity contribution in [2.75, 3.05) is 25.0 Å². The second kappa shape index (κ2) is 10.1. The lowest BCUT2D eigenvalue weighted by Crippen LogP contribution is -2.40. The van der Waals surface area contributed by atoms with Crippen molar-refractivity contribution in [3.63, 3.8) is 0 Å². The third kappa shape index (κ3) is 4.67. The van der Waals surface area contributed by atoms with Gasteiger partial charge in [-0.05, 0) is 18.1 Å². The Balaban J connectivity index is 1.52. The van der Waals surface area contributed by atoms with Gasteiger partial charge in [0.25, 0.3) is 0 Å². The third-order valence-electron chi connectivity index (χ3n) is 6.73. The topological polar surface area (TPSA) is 49.3 Å². The molecule has 0 aliphatic carbocycles. The molecule has 0 N–H and O–H groups in total. The summed E-state index contributed by atoms with van der Waals surface area (Å²) < 4.78 is 0. The third-order valence-corrected chi connectivity index (χ3v) is 6.73. The van der Waals surface area contributed by atoms with Crippen LogP contribution in [0.1, 0.15) is 35.2 Å². The van der Waals surface area contributed by atoms with Gasteiger partial charge in [-0.2, -0.15) is 0 Å². The molecule has 0 fully saturated rings. The summed E-state index contributed by atoms with van der Waals surface area (Å²) in [5.74, 6) is 1.43. The van der Waals surface area contributed by atoms with Crippen LogP contribution in [-0.2, 0) is 17.8 Å². The van der Waals surface area contributed by atoms with Gasteiger partial charge in [0, 0.05) is 37.7 Å². The number of benzene rings is 3. The lowest BCUT2D eigenvalue weighted by atomic mass is 9.89. The van der Waals surface area contributed by atoms with Crippen LogP contribution in [-0.4, -0.2) is 40.9 Å². The number of nitrogens with zero attached hydrogens (tertiary/aromatic N) is 4. The fourth-order valence-electron chi connectivity index (χ4n) is 4.72. The van der Waals surface area contributed by atoms with Gasteiger partial charge >= 0.3 is 0 Å².